The third-order valence-electron chi connectivity index (χ3n) is 3.06. The van der Waals surface area contributed by atoms with Gasteiger partial charge in [0.1, 0.15) is 12.3 Å². The molecule has 3 N–H and O–H groups in total. The summed E-state index contributed by atoms with van der Waals surface area (Å²) >= 11 is 0. The molecule has 0 aliphatic carbocycles. The molecule has 1 fully saturated rings. The van der Waals surface area contributed by atoms with Crippen LogP contribution in [-0.4, -0.2) is 38.2 Å². The van der Waals surface area contributed by atoms with Crippen molar-refractivity contribution in [1.82, 2.24) is 9.55 Å². The lowest BCUT2D eigenvalue weighted by atomic mass is 10.1. The summed E-state index contributed by atoms with van der Waals surface area (Å²) in [5.41, 5.74) is 7.36. The highest BCUT2D eigenvalue weighted by molar-refractivity contribution is 5.02. The molecule has 0 amide bonds. The fourth-order valence-corrected chi connectivity index (χ4v) is 2.04. The molecule has 1 aliphatic heterocycles. The first-order valence-corrected chi connectivity index (χ1v) is 5.82. The van der Waals surface area contributed by atoms with E-state index < -0.39 is 35.9 Å². The molecule has 1 aliphatic rings. The number of nitrogens with one attached hydrogen (secondary N) is 1. The zero-order chi connectivity index (χ0) is 14.9. The van der Waals surface area contributed by atoms with Gasteiger partial charge in [-0.25, -0.2) is 4.79 Å². The minimum absolute atomic E-state index is 0.0219. The monoisotopic (exact) mass is 283 g/mol. The normalized spacial score (nSPS) is 27.1. The highest BCUT2D eigenvalue weighted by atomic mass is 16.5. The van der Waals surface area contributed by atoms with E-state index in [-0.39, 0.29) is 6.42 Å². The minimum Gasteiger partial charge on any atom is -0.390 e. The van der Waals surface area contributed by atoms with Crippen molar-refractivity contribution < 1.29 is 14.9 Å². The van der Waals surface area contributed by atoms with E-state index in [0.717, 1.165) is 4.57 Å². The van der Waals surface area contributed by atoms with Crippen molar-refractivity contribution in [3.63, 3.8) is 0 Å². The third-order valence-corrected chi connectivity index (χ3v) is 3.06. The van der Waals surface area contributed by atoms with Gasteiger partial charge in [-0.15, -0.1) is 0 Å². The van der Waals surface area contributed by atoms with Crippen molar-refractivity contribution in [1.29, 1.82) is 0 Å². The number of rotatable bonds is 3. The molecule has 20 heavy (non-hydrogen) atoms. The molecule has 0 spiro atoms. The molecule has 4 atom stereocenters. The van der Waals surface area contributed by atoms with Gasteiger partial charge in [-0.2, -0.15) is 0 Å². The van der Waals surface area contributed by atoms with E-state index in [2.05, 4.69) is 15.0 Å². The van der Waals surface area contributed by atoms with Gasteiger partial charge in [-0.1, -0.05) is 5.11 Å². The quantitative estimate of drug-likeness (QED) is 0.373. The first-order valence-electron chi connectivity index (χ1n) is 5.82. The standard InChI is InChI=1S/C10H13N5O5/c1-4-3-15(10(19)12-8(4)17)6-2-5(16)7(20-6)9(18)13-14-11/h3,5-7,9,16,18H,2H2,1H3,(H,12,17,19)/t5-,6+,7-,9?/m0/s1. The second kappa shape index (κ2) is 5.47. The molecule has 1 aromatic heterocycles. The summed E-state index contributed by atoms with van der Waals surface area (Å²) in [6.07, 6.45) is -3.31. The van der Waals surface area contributed by atoms with Crippen LogP contribution in [0.4, 0.5) is 0 Å². The van der Waals surface area contributed by atoms with E-state index in [0.29, 0.717) is 5.56 Å². The van der Waals surface area contributed by atoms with E-state index in [4.69, 9.17) is 10.3 Å². The molecular formula is C10H13N5O5. The number of aliphatic hydroxyl groups is 2. The third kappa shape index (κ3) is 2.58. The van der Waals surface area contributed by atoms with Gasteiger partial charge >= 0.3 is 5.69 Å². The summed E-state index contributed by atoms with van der Waals surface area (Å²) in [5, 5.41) is 22.3. The number of aliphatic hydroxyl groups excluding tert-OH is 2. The summed E-state index contributed by atoms with van der Waals surface area (Å²) in [4.78, 5) is 27.5. The van der Waals surface area contributed by atoms with Gasteiger partial charge in [0.05, 0.1) is 6.10 Å². The second-order valence-corrected chi connectivity index (χ2v) is 4.46. The average molecular weight is 283 g/mol. The Kier molecular flexibility index (Phi) is 3.91. The lowest BCUT2D eigenvalue weighted by Gasteiger charge is -2.17. The summed E-state index contributed by atoms with van der Waals surface area (Å²) in [7, 11) is 0. The summed E-state index contributed by atoms with van der Waals surface area (Å²) in [6.45, 7) is 1.52. The largest absolute Gasteiger partial charge is 0.390 e. The molecule has 108 valence electrons. The van der Waals surface area contributed by atoms with Crippen molar-refractivity contribution in [2.24, 2.45) is 5.11 Å². The molecule has 10 nitrogen and oxygen atoms in total. The van der Waals surface area contributed by atoms with Crippen molar-refractivity contribution in [3.05, 3.63) is 43.0 Å². The molecular weight excluding hydrogens is 270 g/mol. The fourth-order valence-electron chi connectivity index (χ4n) is 2.04. The van der Waals surface area contributed by atoms with Gasteiger partial charge in [0, 0.05) is 23.1 Å². The summed E-state index contributed by atoms with van der Waals surface area (Å²) < 4.78 is 6.44. The van der Waals surface area contributed by atoms with Crippen LogP contribution in [0.5, 0.6) is 0 Å². The van der Waals surface area contributed by atoms with E-state index >= 15 is 0 Å². The van der Waals surface area contributed by atoms with Crippen LogP contribution in [-0.2, 0) is 4.74 Å². The zero-order valence-corrected chi connectivity index (χ0v) is 10.5. The van der Waals surface area contributed by atoms with Crippen LogP contribution >= 0.6 is 0 Å². The number of hydrogen-bond acceptors (Lipinski definition) is 6. The van der Waals surface area contributed by atoms with Gasteiger partial charge < -0.3 is 14.9 Å². The molecule has 1 saturated heterocycles. The average Bonchev–Trinajstić information content (AvgIpc) is 2.76. The van der Waals surface area contributed by atoms with Crippen molar-refractivity contribution in [3.8, 4) is 0 Å². The molecule has 2 rings (SSSR count). The zero-order valence-electron chi connectivity index (χ0n) is 10.5. The summed E-state index contributed by atoms with van der Waals surface area (Å²) in [6, 6.07) is 0. The number of aromatic amines is 1. The number of ether oxygens (including phenoxy) is 1. The Morgan fingerprint density at radius 1 is 1.65 bits per heavy atom. The lowest BCUT2D eigenvalue weighted by Crippen LogP contribution is -2.34. The van der Waals surface area contributed by atoms with Gasteiger partial charge in [0.25, 0.3) is 5.56 Å². The predicted molar refractivity (Wildman–Crippen MR) is 65.7 cm³/mol. The van der Waals surface area contributed by atoms with Crippen LogP contribution in [0.3, 0.4) is 0 Å². The Bertz CT molecular complexity index is 661. The predicted octanol–water partition coefficient (Wildman–Crippen LogP) is -0.878. The Balaban J connectivity index is 2.29. The lowest BCUT2D eigenvalue weighted by molar-refractivity contribution is -0.0807. The van der Waals surface area contributed by atoms with Crippen molar-refractivity contribution in [2.75, 3.05) is 0 Å². The number of aryl methyl sites for hydroxylation is 1. The minimum atomic E-state index is -1.56. The summed E-state index contributed by atoms with van der Waals surface area (Å²) in [5.74, 6) is 0. The Labute approximate surface area is 111 Å². The van der Waals surface area contributed by atoms with E-state index in [1.54, 1.807) is 0 Å². The maximum Gasteiger partial charge on any atom is 0.330 e. The highest BCUT2D eigenvalue weighted by Gasteiger charge is 2.39. The highest BCUT2D eigenvalue weighted by Crippen LogP contribution is 2.29. The maximum absolute atomic E-state index is 11.7. The van der Waals surface area contributed by atoms with Gasteiger partial charge in [0.15, 0.2) is 6.23 Å². The molecule has 1 aromatic rings. The number of H-pyrrole nitrogens is 1. The molecule has 1 unspecified atom stereocenters. The van der Waals surface area contributed by atoms with E-state index in [9.17, 15) is 19.8 Å². The first-order chi connectivity index (χ1) is 9.43. The van der Waals surface area contributed by atoms with Crippen LogP contribution in [0, 0.1) is 6.92 Å². The van der Waals surface area contributed by atoms with Crippen LogP contribution in [0.15, 0.2) is 20.9 Å². The van der Waals surface area contributed by atoms with Crippen LogP contribution in [0.1, 0.15) is 18.2 Å². The van der Waals surface area contributed by atoms with Crippen molar-refractivity contribution >= 4 is 0 Å². The van der Waals surface area contributed by atoms with Gasteiger partial charge in [-0.05, 0) is 12.5 Å². The Morgan fingerprint density at radius 2 is 2.35 bits per heavy atom. The maximum atomic E-state index is 11.7. The topological polar surface area (TPSA) is 153 Å². The van der Waals surface area contributed by atoms with Crippen LogP contribution in [0.25, 0.3) is 10.4 Å². The van der Waals surface area contributed by atoms with Gasteiger partial charge in [0.2, 0.25) is 0 Å². The Morgan fingerprint density at radius 3 is 3.00 bits per heavy atom. The number of nitrogens with zero attached hydrogens (tertiary/aromatic N) is 4. The molecule has 10 heteroatoms. The van der Waals surface area contributed by atoms with Crippen molar-refractivity contribution in [2.45, 2.75) is 38.0 Å². The number of hydrogen-bond donors (Lipinski definition) is 3. The van der Waals surface area contributed by atoms with Crippen LogP contribution in [0.2, 0.25) is 0 Å². The van der Waals surface area contributed by atoms with Gasteiger partial charge in [-0.3, -0.25) is 14.3 Å². The molecule has 0 bridgehead atoms. The smallest absolute Gasteiger partial charge is 0.330 e. The Hall–Kier alpha value is -2.13. The van der Waals surface area contributed by atoms with E-state index in [1.807, 2.05) is 0 Å². The van der Waals surface area contributed by atoms with Crippen LogP contribution < -0.4 is 11.2 Å². The second-order valence-electron chi connectivity index (χ2n) is 4.46. The fraction of sp³-hybridized carbons (Fsp3) is 0.600. The van der Waals surface area contributed by atoms with E-state index in [1.165, 1.54) is 13.1 Å². The molecule has 0 saturated carbocycles. The SMILES string of the molecule is Cc1cn([C@H]2C[C@H](O)[C@@H](C(O)N=[N+]=[N-])O2)c(=O)[nH]c1=O. The molecule has 2 heterocycles. The number of aromatic nitrogens is 2. The molecule has 0 radical (unpaired) electrons. The molecule has 0 aromatic carbocycles. The first kappa shape index (κ1) is 14.3. The number of azide groups is 1.